The molecule has 2 aromatic rings. The van der Waals surface area contributed by atoms with Crippen LogP contribution in [0.4, 0.5) is 0 Å². The van der Waals surface area contributed by atoms with E-state index in [0.29, 0.717) is 6.54 Å². The molecule has 1 unspecified atom stereocenters. The van der Waals surface area contributed by atoms with Crippen molar-refractivity contribution in [2.75, 3.05) is 12.3 Å². The number of Topliss-reactive ketones (excluding diaryl/α,β-unsaturated/α-hetero) is 1. The van der Waals surface area contributed by atoms with Gasteiger partial charge in [-0.15, -0.1) is 11.8 Å². The van der Waals surface area contributed by atoms with Crippen LogP contribution in [0.2, 0.25) is 25.7 Å². The fourth-order valence-electron chi connectivity index (χ4n) is 2.37. The van der Waals surface area contributed by atoms with Gasteiger partial charge in [-0.05, 0) is 22.6 Å². The summed E-state index contributed by atoms with van der Waals surface area (Å²) in [6.45, 7) is 7.48. The molecule has 2 nitrogen and oxygen atoms in total. The molecule has 2 N–H and O–H groups in total. The highest BCUT2D eigenvalue weighted by molar-refractivity contribution is 8.00. The van der Waals surface area contributed by atoms with Gasteiger partial charge in [-0.25, -0.2) is 0 Å². The third-order valence-electron chi connectivity index (χ3n) is 3.73. The highest BCUT2D eigenvalue weighted by atomic mass is 32.2. The van der Waals surface area contributed by atoms with E-state index >= 15 is 0 Å². The lowest BCUT2D eigenvalue weighted by molar-refractivity contribution is 0.0993. The average Bonchev–Trinajstić information content (AvgIpc) is 2.49. The van der Waals surface area contributed by atoms with E-state index in [1.165, 1.54) is 6.04 Å². The monoisotopic (exact) mass is 331 g/mol. The van der Waals surface area contributed by atoms with Gasteiger partial charge < -0.3 is 5.73 Å². The Labute approximate surface area is 138 Å². The molecule has 0 aliphatic carbocycles. The molecule has 0 aliphatic heterocycles. The summed E-state index contributed by atoms with van der Waals surface area (Å²) >= 11 is 1.72. The van der Waals surface area contributed by atoms with Gasteiger partial charge in [0.25, 0.3) is 0 Å². The number of thioether (sulfide) groups is 1. The maximum atomic E-state index is 12.9. The quantitative estimate of drug-likeness (QED) is 0.603. The molecule has 118 valence electrons. The van der Waals surface area contributed by atoms with E-state index in [4.69, 9.17) is 5.73 Å². The number of ketones is 1. The second-order valence-electron chi connectivity index (χ2n) is 6.80. The normalized spacial score (nSPS) is 13.3. The average molecular weight is 332 g/mol. The highest BCUT2D eigenvalue weighted by Gasteiger charge is 2.22. The van der Waals surface area contributed by atoms with Crippen LogP contribution in [0, 0.1) is 0 Å². The first-order valence-electron chi connectivity index (χ1n) is 7.76. The van der Waals surface area contributed by atoms with Crippen LogP contribution in [0.5, 0.6) is 0 Å². The van der Waals surface area contributed by atoms with Gasteiger partial charge in [0.2, 0.25) is 0 Å². The topological polar surface area (TPSA) is 43.1 Å². The van der Waals surface area contributed by atoms with Crippen molar-refractivity contribution in [2.45, 2.75) is 30.9 Å². The van der Waals surface area contributed by atoms with Crippen molar-refractivity contribution in [1.82, 2.24) is 0 Å². The third-order valence-corrected chi connectivity index (χ3v) is 7.09. The van der Waals surface area contributed by atoms with E-state index in [0.717, 1.165) is 22.1 Å². The maximum absolute atomic E-state index is 12.9. The lowest BCUT2D eigenvalue weighted by Gasteiger charge is -2.19. The molecule has 2 aromatic carbocycles. The van der Waals surface area contributed by atoms with E-state index in [9.17, 15) is 4.79 Å². The Kier molecular flexibility index (Phi) is 5.84. The summed E-state index contributed by atoms with van der Waals surface area (Å²) in [7, 11) is -1.07. The Morgan fingerprint density at radius 3 is 2.50 bits per heavy atom. The van der Waals surface area contributed by atoms with E-state index in [1.807, 2.05) is 42.5 Å². The predicted octanol–water partition coefficient (Wildman–Crippen LogP) is 4.42. The summed E-state index contributed by atoms with van der Waals surface area (Å²) in [5, 5.41) is 2.00. The van der Waals surface area contributed by atoms with Crippen molar-refractivity contribution in [1.29, 1.82) is 0 Å². The molecular weight excluding hydrogens is 306 g/mol. The molecule has 4 heteroatoms. The second-order valence-corrected chi connectivity index (χ2v) is 13.7. The number of hydrogen-bond acceptors (Lipinski definition) is 3. The third kappa shape index (κ3) is 4.45. The van der Waals surface area contributed by atoms with Crippen molar-refractivity contribution in [3.05, 3.63) is 48.0 Å². The van der Waals surface area contributed by atoms with Crippen LogP contribution in [0.15, 0.2) is 42.5 Å². The zero-order valence-corrected chi connectivity index (χ0v) is 15.5. The Hall–Kier alpha value is -1.10. The summed E-state index contributed by atoms with van der Waals surface area (Å²) in [6, 6.07) is 15.2. The summed E-state index contributed by atoms with van der Waals surface area (Å²) in [4.78, 5) is 12.9. The molecule has 0 saturated carbocycles. The fraction of sp³-hybridized carbons (Fsp3) is 0.389. The van der Waals surface area contributed by atoms with Gasteiger partial charge in [0.1, 0.15) is 0 Å². The first-order chi connectivity index (χ1) is 10.4. The van der Waals surface area contributed by atoms with Gasteiger partial charge >= 0.3 is 0 Å². The van der Waals surface area contributed by atoms with Crippen LogP contribution in [-0.2, 0) is 0 Å². The van der Waals surface area contributed by atoms with E-state index in [-0.39, 0.29) is 11.0 Å². The predicted molar refractivity (Wildman–Crippen MR) is 102 cm³/mol. The van der Waals surface area contributed by atoms with E-state index in [1.54, 1.807) is 11.8 Å². The van der Waals surface area contributed by atoms with Crippen LogP contribution >= 0.6 is 11.8 Å². The summed E-state index contributed by atoms with van der Waals surface area (Å²) in [5.74, 6) is 1.19. The molecule has 22 heavy (non-hydrogen) atoms. The Bertz CT molecular complexity index is 646. The molecular formula is C18H25NOSSi. The highest BCUT2D eigenvalue weighted by Crippen LogP contribution is 2.25. The number of rotatable bonds is 7. The number of benzene rings is 2. The van der Waals surface area contributed by atoms with Gasteiger partial charge in [0, 0.05) is 20.2 Å². The summed E-state index contributed by atoms with van der Waals surface area (Å²) in [5.41, 5.74) is 6.67. The van der Waals surface area contributed by atoms with Crippen LogP contribution in [0.1, 0.15) is 10.4 Å². The van der Waals surface area contributed by atoms with Gasteiger partial charge in [-0.2, -0.15) is 0 Å². The van der Waals surface area contributed by atoms with Crippen molar-refractivity contribution >= 4 is 36.4 Å². The second kappa shape index (κ2) is 7.44. The van der Waals surface area contributed by atoms with Crippen molar-refractivity contribution in [3.63, 3.8) is 0 Å². The molecule has 0 radical (unpaired) electrons. The SMILES string of the molecule is C[Si](C)(C)CCSC(CN)C(=O)c1cccc2ccccc12. The minimum Gasteiger partial charge on any atom is -0.329 e. The number of hydrogen-bond donors (Lipinski definition) is 1. The molecule has 0 heterocycles. The number of carbonyl (C=O) groups is 1. The van der Waals surface area contributed by atoms with Crippen LogP contribution in [0.25, 0.3) is 10.8 Å². The molecule has 0 saturated heterocycles. The summed E-state index contributed by atoms with van der Waals surface area (Å²) in [6.07, 6.45) is 0. The largest absolute Gasteiger partial charge is 0.329 e. The molecule has 2 rings (SSSR count). The van der Waals surface area contributed by atoms with Crippen molar-refractivity contribution < 1.29 is 4.79 Å². The Balaban J connectivity index is 2.17. The lowest BCUT2D eigenvalue weighted by Crippen LogP contribution is -2.28. The molecule has 1 atom stereocenters. The Morgan fingerprint density at radius 1 is 1.14 bits per heavy atom. The van der Waals surface area contributed by atoms with E-state index in [2.05, 4.69) is 19.6 Å². The van der Waals surface area contributed by atoms with E-state index < -0.39 is 8.07 Å². The minimum absolute atomic E-state index is 0.137. The lowest BCUT2D eigenvalue weighted by atomic mass is 10.00. The number of fused-ring (bicyclic) bond motifs is 1. The maximum Gasteiger partial charge on any atom is 0.177 e. The minimum atomic E-state index is -1.07. The van der Waals surface area contributed by atoms with Gasteiger partial charge in [0.15, 0.2) is 5.78 Å². The molecule has 0 aromatic heterocycles. The van der Waals surface area contributed by atoms with Gasteiger partial charge in [0.05, 0.1) is 5.25 Å². The Morgan fingerprint density at radius 2 is 1.82 bits per heavy atom. The molecule has 0 bridgehead atoms. The van der Waals surface area contributed by atoms with Crippen LogP contribution in [0.3, 0.4) is 0 Å². The standard InChI is InChI=1S/C18H25NOSSi/c1-22(2,3)12-11-21-17(13-19)18(20)16-10-6-8-14-7-4-5-9-15(14)16/h4-10,17H,11-13,19H2,1-3H3. The van der Waals surface area contributed by atoms with Crippen LogP contribution in [-0.4, -0.2) is 31.4 Å². The molecule has 0 aliphatic rings. The zero-order valence-electron chi connectivity index (χ0n) is 13.6. The molecule has 0 spiro atoms. The van der Waals surface area contributed by atoms with Crippen molar-refractivity contribution in [3.8, 4) is 0 Å². The first-order valence-corrected chi connectivity index (χ1v) is 12.5. The number of carbonyl (C=O) groups excluding carboxylic acids is 1. The van der Waals surface area contributed by atoms with Crippen LogP contribution < -0.4 is 5.73 Å². The number of nitrogens with two attached hydrogens (primary N) is 1. The zero-order chi connectivity index (χ0) is 16.2. The fourth-order valence-corrected chi connectivity index (χ4v) is 5.99. The molecule has 0 amide bonds. The smallest absolute Gasteiger partial charge is 0.177 e. The first kappa shape index (κ1) is 17.3. The van der Waals surface area contributed by atoms with Crippen molar-refractivity contribution in [2.24, 2.45) is 5.73 Å². The molecule has 0 fully saturated rings. The van der Waals surface area contributed by atoms with Gasteiger partial charge in [-0.3, -0.25) is 4.79 Å². The van der Waals surface area contributed by atoms with Gasteiger partial charge in [-0.1, -0.05) is 62.1 Å². The summed E-state index contributed by atoms with van der Waals surface area (Å²) < 4.78 is 0.